The molecule has 0 spiro atoms. The number of benzene rings is 2. The SMILES string of the molecule is Cc1ccc(CCC(=O)N[C@@H]2c3ccccc3C[C@@H]2O)c(C)c1. The van der Waals surface area contributed by atoms with Crippen molar-refractivity contribution in [3.8, 4) is 0 Å². The van der Waals surface area contributed by atoms with Crippen LogP contribution in [0.4, 0.5) is 0 Å². The standard InChI is InChI=1S/C20H23NO2/c1-13-7-8-15(14(2)11-13)9-10-19(23)21-20-17-6-4-3-5-16(17)12-18(20)22/h3-8,11,18,20,22H,9-10,12H2,1-2H3,(H,21,23)/t18-,20+/m0/s1. The molecule has 0 aromatic heterocycles. The largest absolute Gasteiger partial charge is 0.390 e. The van der Waals surface area contributed by atoms with Gasteiger partial charge in [0, 0.05) is 12.8 Å². The van der Waals surface area contributed by atoms with E-state index in [0.717, 1.165) is 17.5 Å². The molecule has 0 saturated carbocycles. The number of aryl methyl sites for hydroxylation is 3. The van der Waals surface area contributed by atoms with Crippen LogP contribution >= 0.6 is 0 Å². The van der Waals surface area contributed by atoms with Gasteiger partial charge >= 0.3 is 0 Å². The molecule has 0 radical (unpaired) electrons. The molecular formula is C20H23NO2. The fourth-order valence-corrected chi connectivity index (χ4v) is 3.37. The first kappa shape index (κ1) is 15.8. The molecule has 2 atom stereocenters. The van der Waals surface area contributed by atoms with Crippen molar-refractivity contribution in [1.82, 2.24) is 5.32 Å². The summed E-state index contributed by atoms with van der Waals surface area (Å²) < 4.78 is 0. The maximum atomic E-state index is 12.3. The molecule has 0 saturated heterocycles. The molecule has 0 unspecified atom stereocenters. The van der Waals surface area contributed by atoms with Crippen LogP contribution in [0.25, 0.3) is 0 Å². The Bertz CT molecular complexity index is 723. The van der Waals surface area contributed by atoms with Crippen molar-refractivity contribution in [3.05, 3.63) is 70.3 Å². The fourth-order valence-electron chi connectivity index (χ4n) is 3.37. The summed E-state index contributed by atoms with van der Waals surface area (Å²) in [5.74, 6) is -0.00859. The van der Waals surface area contributed by atoms with Crippen LogP contribution in [-0.4, -0.2) is 17.1 Å². The second-order valence-electron chi connectivity index (χ2n) is 6.45. The molecule has 3 nitrogen and oxygen atoms in total. The number of nitrogens with one attached hydrogen (secondary N) is 1. The first-order valence-corrected chi connectivity index (χ1v) is 8.16. The molecule has 2 aromatic rings. The van der Waals surface area contributed by atoms with E-state index in [1.54, 1.807) is 0 Å². The first-order chi connectivity index (χ1) is 11.0. The number of amides is 1. The van der Waals surface area contributed by atoms with E-state index in [9.17, 15) is 9.90 Å². The average Bonchev–Trinajstić information content (AvgIpc) is 2.82. The molecule has 0 heterocycles. The van der Waals surface area contributed by atoms with E-state index in [1.165, 1.54) is 16.7 Å². The summed E-state index contributed by atoms with van der Waals surface area (Å²) in [5, 5.41) is 13.2. The minimum atomic E-state index is -0.530. The summed E-state index contributed by atoms with van der Waals surface area (Å²) in [6.45, 7) is 4.15. The molecule has 0 bridgehead atoms. The van der Waals surface area contributed by atoms with Crippen molar-refractivity contribution in [2.24, 2.45) is 0 Å². The number of carbonyl (C=O) groups excluding carboxylic acids is 1. The van der Waals surface area contributed by atoms with Gasteiger partial charge in [0.2, 0.25) is 5.91 Å². The molecule has 3 heteroatoms. The lowest BCUT2D eigenvalue weighted by Gasteiger charge is -2.18. The van der Waals surface area contributed by atoms with Gasteiger partial charge in [-0.2, -0.15) is 0 Å². The minimum absolute atomic E-state index is 0.00859. The van der Waals surface area contributed by atoms with Crippen LogP contribution < -0.4 is 5.32 Å². The smallest absolute Gasteiger partial charge is 0.220 e. The Kier molecular flexibility index (Phi) is 4.49. The minimum Gasteiger partial charge on any atom is -0.390 e. The monoisotopic (exact) mass is 309 g/mol. The van der Waals surface area contributed by atoms with Crippen molar-refractivity contribution in [3.63, 3.8) is 0 Å². The van der Waals surface area contributed by atoms with Crippen LogP contribution in [0.3, 0.4) is 0 Å². The number of carbonyl (C=O) groups is 1. The second kappa shape index (κ2) is 6.55. The maximum Gasteiger partial charge on any atom is 0.220 e. The van der Waals surface area contributed by atoms with E-state index >= 15 is 0 Å². The highest BCUT2D eigenvalue weighted by Crippen LogP contribution is 2.31. The lowest BCUT2D eigenvalue weighted by Crippen LogP contribution is -2.34. The number of fused-ring (bicyclic) bond motifs is 1. The summed E-state index contributed by atoms with van der Waals surface area (Å²) in [7, 11) is 0. The highest BCUT2D eigenvalue weighted by Gasteiger charge is 2.31. The van der Waals surface area contributed by atoms with Gasteiger partial charge in [0.05, 0.1) is 12.1 Å². The predicted molar refractivity (Wildman–Crippen MR) is 91.3 cm³/mol. The van der Waals surface area contributed by atoms with E-state index in [-0.39, 0.29) is 11.9 Å². The zero-order valence-corrected chi connectivity index (χ0v) is 13.7. The predicted octanol–water partition coefficient (Wildman–Crippen LogP) is 3.01. The van der Waals surface area contributed by atoms with Crippen molar-refractivity contribution >= 4 is 5.91 Å². The molecule has 1 aliphatic carbocycles. The Hall–Kier alpha value is -2.13. The van der Waals surface area contributed by atoms with E-state index in [1.807, 2.05) is 24.3 Å². The average molecular weight is 309 g/mol. The summed E-state index contributed by atoms with van der Waals surface area (Å²) in [6.07, 6.45) is 1.24. The highest BCUT2D eigenvalue weighted by atomic mass is 16.3. The summed E-state index contributed by atoms with van der Waals surface area (Å²) >= 11 is 0. The van der Waals surface area contributed by atoms with Crippen LogP contribution in [0.2, 0.25) is 0 Å². The van der Waals surface area contributed by atoms with Gasteiger partial charge in [0.15, 0.2) is 0 Å². The van der Waals surface area contributed by atoms with Gasteiger partial charge in [-0.05, 0) is 42.5 Å². The van der Waals surface area contributed by atoms with Gasteiger partial charge < -0.3 is 10.4 Å². The Morgan fingerprint density at radius 2 is 2.00 bits per heavy atom. The lowest BCUT2D eigenvalue weighted by molar-refractivity contribution is -0.122. The van der Waals surface area contributed by atoms with E-state index < -0.39 is 6.10 Å². The molecule has 2 N–H and O–H groups in total. The molecule has 3 rings (SSSR count). The number of aliphatic hydroxyl groups is 1. The Labute approximate surface area is 137 Å². The van der Waals surface area contributed by atoms with Gasteiger partial charge in [0.25, 0.3) is 0 Å². The molecule has 120 valence electrons. The van der Waals surface area contributed by atoms with Crippen LogP contribution in [0, 0.1) is 13.8 Å². The van der Waals surface area contributed by atoms with Crippen LogP contribution in [-0.2, 0) is 17.6 Å². The summed E-state index contributed by atoms with van der Waals surface area (Å²) in [6, 6.07) is 14.0. The molecule has 2 aromatic carbocycles. The van der Waals surface area contributed by atoms with Gasteiger partial charge in [0.1, 0.15) is 0 Å². The number of hydrogen-bond donors (Lipinski definition) is 2. The number of aliphatic hydroxyl groups excluding tert-OH is 1. The molecule has 1 amide bonds. The third-order valence-electron chi connectivity index (χ3n) is 4.64. The molecule has 1 aliphatic rings. The number of hydrogen-bond acceptors (Lipinski definition) is 2. The zero-order valence-electron chi connectivity index (χ0n) is 13.7. The van der Waals surface area contributed by atoms with E-state index in [0.29, 0.717) is 12.8 Å². The quantitative estimate of drug-likeness (QED) is 0.912. The molecule has 23 heavy (non-hydrogen) atoms. The third kappa shape index (κ3) is 3.45. The van der Waals surface area contributed by atoms with Crippen molar-refractivity contribution in [1.29, 1.82) is 0 Å². The Morgan fingerprint density at radius 3 is 2.78 bits per heavy atom. The van der Waals surface area contributed by atoms with Crippen molar-refractivity contribution in [2.75, 3.05) is 0 Å². The fraction of sp³-hybridized carbons (Fsp3) is 0.350. The lowest BCUT2D eigenvalue weighted by atomic mass is 10.0. The van der Waals surface area contributed by atoms with E-state index in [2.05, 4.69) is 37.4 Å². The van der Waals surface area contributed by atoms with E-state index in [4.69, 9.17) is 0 Å². The van der Waals surface area contributed by atoms with Gasteiger partial charge in [-0.1, -0.05) is 48.0 Å². The van der Waals surface area contributed by atoms with Gasteiger partial charge in [-0.15, -0.1) is 0 Å². The second-order valence-corrected chi connectivity index (χ2v) is 6.45. The van der Waals surface area contributed by atoms with Crippen LogP contribution in [0.15, 0.2) is 42.5 Å². The Morgan fingerprint density at radius 1 is 1.22 bits per heavy atom. The maximum absolute atomic E-state index is 12.3. The third-order valence-corrected chi connectivity index (χ3v) is 4.64. The van der Waals surface area contributed by atoms with Gasteiger partial charge in [-0.3, -0.25) is 4.79 Å². The molecular weight excluding hydrogens is 286 g/mol. The van der Waals surface area contributed by atoms with Crippen LogP contribution in [0.5, 0.6) is 0 Å². The van der Waals surface area contributed by atoms with Crippen LogP contribution in [0.1, 0.15) is 40.3 Å². The summed E-state index contributed by atoms with van der Waals surface area (Å²) in [5.41, 5.74) is 5.84. The molecule has 0 aliphatic heterocycles. The summed E-state index contributed by atoms with van der Waals surface area (Å²) in [4.78, 5) is 12.3. The van der Waals surface area contributed by atoms with Gasteiger partial charge in [-0.25, -0.2) is 0 Å². The number of rotatable bonds is 4. The van der Waals surface area contributed by atoms with Crippen molar-refractivity contribution in [2.45, 2.75) is 45.3 Å². The molecule has 0 fully saturated rings. The zero-order chi connectivity index (χ0) is 16.4. The van der Waals surface area contributed by atoms with Crippen molar-refractivity contribution < 1.29 is 9.90 Å². The Balaban J connectivity index is 1.62. The highest BCUT2D eigenvalue weighted by molar-refractivity contribution is 5.77. The first-order valence-electron chi connectivity index (χ1n) is 8.16. The normalized spacial score (nSPS) is 19.4. The topological polar surface area (TPSA) is 49.3 Å².